The van der Waals surface area contributed by atoms with Crippen LogP contribution in [0.3, 0.4) is 0 Å². The third-order valence-electron chi connectivity index (χ3n) is 14.3. The molecule has 0 N–H and O–H groups in total. The van der Waals surface area contributed by atoms with Crippen LogP contribution in [0.5, 0.6) is 17.2 Å². The van der Waals surface area contributed by atoms with Crippen molar-refractivity contribution >= 4 is 5.97 Å². The Balaban J connectivity index is 2.55. The number of esters is 1. The van der Waals surface area contributed by atoms with E-state index in [0.29, 0.717) is 49.2 Å². The maximum absolute atomic E-state index is 13.1. The van der Waals surface area contributed by atoms with Crippen molar-refractivity contribution in [1.82, 2.24) is 0 Å². The van der Waals surface area contributed by atoms with E-state index in [9.17, 15) is 4.79 Å². The van der Waals surface area contributed by atoms with E-state index < -0.39 is 0 Å². The van der Waals surface area contributed by atoms with E-state index in [1.165, 1.54) is 276 Å². The molecular weight excluding hydrogens is 837 g/mol. The highest BCUT2D eigenvalue weighted by Gasteiger charge is 2.20. The van der Waals surface area contributed by atoms with Gasteiger partial charge in [0.05, 0.1) is 32.0 Å². The van der Waals surface area contributed by atoms with E-state index in [4.69, 9.17) is 18.9 Å². The number of carbonyl (C=O) groups is 1. The Morgan fingerprint density at radius 3 is 0.721 bits per heavy atom. The van der Waals surface area contributed by atoms with Crippen LogP contribution in [-0.4, -0.2) is 32.4 Å². The summed E-state index contributed by atoms with van der Waals surface area (Å²) >= 11 is 0. The maximum Gasteiger partial charge on any atom is 0.338 e. The van der Waals surface area contributed by atoms with Crippen LogP contribution in [0.2, 0.25) is 0 Å². The summed E-state index contributed by atoms with van der Waals surface area (Å²) in [5, 5.41) is 0. The fourth-order valence-corrected chi connectivity index (χ4v) is 9.75. The smallest absolute Gasteiger partial charge is 0.338 e. The van der Waals surface area contributed by atoms with Crippen LogP contribution in [0.15, 0.2) is 12.1 Å². The summed E-state index contributed by atoms with van der Waals surface area (Å²) < 4.78 is 25.0. The van der Waals surface area contributed by atoms with Crippen LogP contribution >= 0.6 is 0 Å². The van der Waals surface area contributed by atoms with E-state index in [1.807, 2.05) is 19.1 Å². The molecule has 400 valence electrons. The second-order valence-electron chi connectivity index (χ2n) is 21.0. The lowest BCUT2D eigenvalue weighted by Crippen LogP contribution is -2.10. The molecular formula is C63H118O5. The van der Waals surface area contributed by atoms with Gasteiger partial charge in [0.1, 0.15) is 0 Å². The van der Waals surface area contributed by atoms with E-state index in [2.05, 4.69) is 20.8 Å². The first-order valence-electron chi connectivity index (χ1n) is 30.9. The van der Waals surface area contributed by atoms with Gasteiger partial charge in [-0.25, -0.2) is 4.79 Å². The minimum atomic E-state index is -0.337. The fourth-order valence-electron chi connectivity index (χ4n) is 9.75. The number of carbonyl (C=O) groups excluding carboxylic acids is 1. The summed E-state index contributed by atoms with van der Waals surface area (Å²) in [7, 11) is 0. The van der Waals surface area contributed by atoms with Gasteiger partial charge in [0.25, 0.3) is 0 Å². The van der Waals surface area contributed by atoms with E-state index in [-0.39, 0.29) is 5.97 Å². The Kier molecular flexibility index (Phi) is 49.9. The highest BCUT2D eigenvalue weighted by Crippen LogP contribution is 2.40. The first-order chi connectivity index (χ1) is 33.7. The molecule has 0 unspecified atom stereocenters. The molecule has 0 saturated carbocycles. The number of unbranched alkanes of at least 4 members (excludes halogenated alkanes) is 45. The molecule has 0 saturated heterocycles. The summed E-state index contributed by atoms with van der Waals surface area (Å²) in [5.41, 5.74) is 0.477. The van der Waals surface area contributed by atoms with E-state index in [1.54, 1.807) is 0 Å². The molecule has 0 aliphatic carbocycles. The highest BCUT2D eigenvalue weighted by molar-refractivity contribution is 5.91. The second-order valence-corrected chi connectivity index (χ2v) is 21.0. The molecule has 1 rings (SSSR count). The predicted molar refractivity (Wildman–Crippen MR) is 298 cm³/mol. The molecule has 5 heteroatoms. The number of hydrogen-bond acceptors (Lipinski definition) is 5. The average molecular weight is 956 g/mol. The number of ether oxygens (including phenoxy) is 4. The Hall–Kier alpha value is -1.91. The number of hydrogen-bond donors (Lipinski definition) is 0. The zero-order chi connectivity index (χ0) is 48.9. The zero-order valence-corrected chi connectivity index (χ0v) is 46.5. The Labute approximate surface area is 425 Å². The van der Waals surface area contributed by atoms with Gasteiger partial charge in [-0.1, -0.05) is 310 Å². The average Bonchev–Trinajstić information content (AvgIpc) is 3.34. The van der Waals surface area contributed by atoms with Crippen LogP contribution in [0.4, 0.5) is 0 Å². The van der Waals surface area contributed by atoms with Gasteiger partial charge in [-0.3, -0.25) is 0 Å². The predicted octanol–water partition coefficient (Wildman–Crippen LogP) is 21.8. The first-order valence-corrected chi connectivity index (χ1v) is 30.9. The van der Waals surface area contributed by atoms with Gasteiger partial charge in [-0.05, 0) is 38.3 Å². The molecule has 5 nitrogen and oxygen atoms in total. The third-order valence-corrected chi connectivity index (χ3v) is 14.3. The largest absolute Gasteiger partial charge is 0.490 e. The Morgan fingerprint density at radius 1 is 0.294 bits per heavy atom. The van der Waals surface area contributed by atoms with Gasteiger partial charge in [-0.2, -0.15) is 0 Å². The van der Waals surface area contributed by atoms with Crippen molar-refractivity contribution in [3.63, 3.8) is 0 Å². The van der Waals surface area contributed by atoms with Crippen LogP contribution in [-0.2, 0) is 4.74 Å². The maximum atomic E-state index is 13.1. The highest BCUT2D eigenvalue weighted by atomic mass is 16.5. The standard InChI is InChI=1S/C63H118O5/c1-5-9-12-15-18-21-24-27-30-33-36-39-42-45-48-51-54-66-60-57-59(63(64)65-8-4)58-61(67-55-52-49-46-43-40-37-34-31-28-25-22-19-16-13-10-6-2)62(60)68-56-53-50-47-44-41-38-35-32-29-26-23-20-17-14-11-7-3/h57-58H,5-56H2,1-4H3. The van der Waals surface area contributed by atoms with E-state index >= 15 is 0 Å². The molecule has 68 heavy (non-hydrogen) atoms. The molecule has 0 bridgehead atoms. The monoisotopic (exact) mass is 955 g/mol. The van der Waals surface area contributed by atoms with Gasteiger partial charge >= 0.3 is 5.97 Å². The number of benzene rings is 1. The lowest BCUT2D eigenvalue weighted by molar-refractivity contribution is 0.0525. The van der Waals surface area contributed by atoms with Crippen molar-refractivity contribution in [2.75, 3.05) is 26.4 Å². The molecule has 0 aromatic heterocycles. The molecule has 0 spiro atoms. The molecule has 1 aromatic rings. The fraction of sp³-hybridized carbons (Fsp3) is 0.889. The van der Waals surface area contributed by atoms with Crippen molar-refractivity contribution in [3.05, 3.63) is 17.7 Å². The van der Waals surface area contributed by atoms with Crippen molar-refractivity contribution in [3.8, 4) is 17.2 Å². The number of rotatable bonds is 56. The molecule has 0 radical (unpaired) electrons. The van der Waals surface area contributed by atoms with Crippen LogP contribution in [0.1, 0.15) is 346 Å². The Bertz CT molecular complexity index is 1110. The summed E-state index contributed by atoms with van der Waals surface area (Å²) in [6, 6.07) is 3.66. The topological polar surface area (TPSA) is 54.0 Å². The molecule has 0 amide bonds. The first kappa shape index (κ1) is 64.1. The molecule has 1 aromatic carbocycles. The van der Waals surface area contributed by atoms with Gasteiger partial charge < -0.3 is 18.9 Å². The lowest BCUT2D eigenvalue weighted by Gasteiger charge is -2.19. The normalized spacial score (nSPS) is 11.4. The summed E-state index contributed by atoms with van der Waals surface area (Å²) in [5.74, 6) is 1.56. The molecule has 0 aliphatic heterocycles. The Morgan fingerprint density at radius 2 is 0.500 bits per heavy atom. The quantitative estimate of drug-likeness (QED) is 0.0481. The summed E-state index contributed by atoms with van der Waals surface area (Å²) in [6.07, 6.45) is 64.7. The van der Waals surface area contributed by atoms with Crippen molar-refractivity contribution in [2.24, 2.45) is 0 Å². The molecule has 0 aliphatic rings. The van der Waals surface area contributed by atoms with Gasteiger partial charge in [0.2, 0.25) is 5.75 Å². The molecule has 0 fully saturated rings. The van der Waals surface area contributed by atoms with Crippen molar-refractivity contribution < 1.29 is 23.7 Å². The summed E-state index contributed by atoms with van der Waals surface area (Å²) in [4.78, 5) is 13.1. The van der Waals surface area contributed by atoms with Gasteiger partial charge in [0.15, 0.2) is 11.5 Å². The van der Waals surface area contributed by atoms with Crippen molar-refractivity contribution in [2.45, 2.75) is 336 Å². The second kappa shape index (κ2) is 52.9. The minimum Gasteiger partial charge on any atom is -0.490 e. The lowest BCUT2D eigenvalue weighted by atomic mass is 10.0. The molecule has 0 atom stereocenters. The van der Waals surface area contributed by atoms with Crippen LogP contribution in [0.25, 0.3) is 0 Å². The molecule has 0 heterocycles. The van der Waals surface area contributed by atoms with Crippen LogP contribution < -0.4 is 14.2 Å². The van der Waals surface area contributed by atoms with Crippen LogP contribution in [0, 0.1) is 0 Å². The van der Waals surface area contributed by atoms with E-state index in [0.717, 1.165) is 32.1 Å². The van der Waals surface area contributed by atoms with Gasteiger partial charge in [-0.15, -0.1) is 0 Å². The third kappa shape index (κ3) is 41.8. The van der Waals surface area contributed by atoms with Gasteiger partial charge in [0, 0.05) is 0 Å². The minimum absolute atomic E-state index is 0.334. The SMILES string of the molecule is CCCCCCCCCCCCCCCCCCOc1cc(C(=O)OCC)cc(OCCCCCCCCCCCCCCCCCC)c1OCCCCCCCCCCCCCCCCCC. The zero-order valence-electron chi connectivity index (χ0n) is 46.5. The summed E-state index contributed by atoms with van der Waals surface area (Å²) in [6.45, 7) is 10.9. The van der Waals surface area contributed by atoms with Crippen molar-refractivity contribution in [1.29, 1.82) is 0 Å².